The number of β-amino-alcohol motifs (C(OH)–C–C–N with tert-alkyl or cyclic N) is 1. The molecule has 2 saturated heterocycles. The van der Waals surface area contributed by atoms with Crippen LogP contribution in [0.1, 0.15) is 19.3 Å². The van der Waals surface area contributed by atoms with Gasteiger partial charge < -0.3 is 10.4 Å². The molecule has 0 aromatic rings. The summed E-state index contributed by atoms with van der Waals surface area (Å²) in [5.74, 6) is 0. The third-order valence-electron chi connectivity index (χ3n) is 3.02. The van der Waals surface area contributed by atoms with Crippen molar-refractivity contribution in [2.24, 2.45) is 0 Å². The van der Waals surface area contributed by atoms with Crippen molar-refractivity contribution in [1.82, 2.24) is 10.2 Å². The number of aliphatic hydroxyl groups excluding tert-OH is 1. The van der Waals surface area contributed by atoms with E-state index in [0.29, 0.717) is 6.04 Å². The van der Waals surface area contributed by atoms with Gasteiger partial charge in [0.25, 0.3) is 0 Å². The lowest BCUT2D eigenvalue weighted by Gasteiger charge is -2.35. The summed E-state index contributed by atoms with van der Waals surface area (Å²) >= 11 is 0. The second-order valence-corrected chi connectivity index (χ2v) is 3.87. The summed E-state index contributed by atoms with van der Waals surface area (Å²) in [5, 5.41) is 12.9. The lowest BCUT2D eigenvalue weighted by molar-refractivity contribution is 0.0409. The molecule has 3 nitrogen and oxygen atoms in total. The first-order chi connectivity index (χ1) is 5.88. The smallest absolute Gasteiger partial charge is 0.0819 e. The molecule has 0 aromatic heterocycles. The highest BCUT2D eigenvalue weighted by atomic mass is 16.3. The molecule has 3 heteroatoms. The van der Waals surface area contributed by atoms with E-state index in [2.05, 4.69) is 10.2 Å². The van der Waals surface area contributed by atoms with Crippen molar-refractivity contribution in [2.75, 3.05) is 26.2 Å². The van der Waals surface area contributed by atoms with E-state index in [4.69, 9.17) is 0 Å². The monoisotopic (exact) mass is 170 g/mol. The SMILES string of the molecule is OC1CNCCC1N1CCCC1. The highest BCUT2D eigenvalue weighted by Crippen LogP contribution is 2.18. The van der Waals surface area contributed by atoms with Crippen LogP contribution in [-0.4, -0.2) is 48.3 Å². The molecule has 2 aliphatic rings. The number of nitrogens with one attached hydrogen (secondary N) is 1. The van der Waals surface area contributed by atoms with Gasteiger partial charge >= 0.3 is 0 Å². The molecule has 0 bridgehead atoms. The summed E-state index contributed by atoms with van der Waals surface area (Å²) in [6, 6.07) is 0.439. The summed E-state index contributed by atoms with van der Waals surface area (Å²) in [6.07, 6.45) is 3.60. The normalized spacial score (nSPS) is 38.8. The van der Waals surface area contributed by atoms with E-state index in [1.807, 2.05) is 0 Å². The van der Waals surface area contributed by atoms with Crippen molar-refractivity contribution in [2.45, 2.75) is 31.4 Å². The summed E-state index contributed by atoms with van der Waals surface area (Å²) in [7, 11) is 0. The lowest BCUT2D eigenvalue weighted by atomic mass is 10.0. The van der Waals surface area contributed by atoms with Crippen LogP contribution in [0.25, 0.3) is 0 Å². The largest absolute Gasteiger partial charge is 0.390 e. The van der Waals surface area contributed by atoms with E-state index in [9.17, 15) is 5.11 Å². The fourth-order valence-electron chi connectivity index (χ4n) is 2.33. The van der Waals surface area contributed by atoms with E-state index >= 15 is 0 Å². The number of piperidine rings is 1. The average molecular weight is 170 g/mol. The number of aliphatic hydroxyl groups is 1. The van der Waals surface area contributed by atoms with Crippen LogP contribution < -0.4 is 5.32 Å². The van der Waals surface area contributed by atoms with Gasteiger partial charge in [-0.1, -0.05) is 0 Å². The van der Waals surface area contributed by atoms with Crippen LogP contribution in [0.5, 0.6) is 0 Å². The Balaban J connectivity index is 1.91. The molecule has 12 heavy (non-hydrogen) atoms. The minimum Gasteiger partial charge on any atom is -0.390 e. The molecule has 2 fully saturated rings. The van der Waals surface area contributed by atoms with Gasteiger partial charge in [0.2, 0.25) is 0 Å². The maximum atomic E-state index is 9.73. The van der Waals surface area contributed by atoms with E-state index in [0.717, 1.165) is 19.5 Å². The molecule has 0 aliphatic carbocycles. The Hall–Kier alpha value is -0.120. The van der Waals surface area contributed by atoms with E-state index in [1.54, 1.807) is 0 Å². The van der Waals surface area contributed by atoms with Crippen LogP contribution in [-0.2, 0) is 0 Å². The quantitative estimate of drug-likeness (QED) is 0.572. The van der Waals surface area contributed by atoms with Crippen LogP contribution in [0.15, 0.2) is 0 Å². The molecule has 2 heterocycles. The first-order valence-corrected chi connectivity index (χ1v) is 5.01. The van der Waals surface area contributed by atoms with Crippen LogP contribution in [0.4, 0.5) is 0 Å². The number of nitrogens with zero attached hydrogens (tertiary/aromatic N) is 1. The topological polar surface area (TPSA) is 35.5 Å². The van der Waals surface area contributed by atoms with Crippen molar-refractivity contribution in [3.8, 4) is 0 Å². The van der Waals surface area contributed by atoms with Crippen LogP contribution in [0.2, 0.25) is 0 Å². The zero-order valence-electron chi connectivity index (χ0n) is 7.50. The molecule has 0 saturated carbocycles. The van der Waals surface area contributed by atoms with E-state index < -0.39 is 0 Å². The number of likely N-dealkylation sites (tertiary alicyclic amines) is 1. The second kappa shape index (κ2) is 3.73. The van der Waals surface area contributed by atoms with E-state index in [-0.39, 0.29) is 6.10 Å². The van der Waals surface area contributed by atoms with Gasteiger partial charge in [0.15, 0.2) is 0 Å². The molecular weight excluding hydrogens is 152 g/mol. The molecule has 2 rings (SSSR count). The highest BCUT2D eigenvalue weighted by molar-refractivity contribution is 4.87. The first-order valence-electron chi connectivity index (χ1n) is 5.01. The van der Waals surface area contributed by atoms with Crippen molar-refractivity contribution >= 4 is 0 Å². The summed E-state index contributed by atoms with van der Waals surface area (Å²) in [6.45, 7) is 4.24. The lowest BCUT2D eigenvalue weighted by Crippen LogP contribution is -2.51. The Morgan fingerprint density at radius 3 is 2.67 bits per heavy atom. The average Bonchev–Trinajstić information content (AvgIpc) is 2.57. The molecule has 0 amide bonds. The first kappa shape index (κ1) is 8.48. The van der Waals surface area contributed by atoms with Crippen LogP contribution >= 0.6 is 0 Å². The maximum absolute atomic E-state index is 9.73. The molecule has 70 valence electrons. The van der Waals surface area contributed by atoms with Gasteiger partial charge in [-0.15, -0.1) is 0 Å². The van der Waals surface area contributed by atoms with Gasteiger partial charge in [0.1, 0.15) is 0 Å². The van der Waals surface area contributed by atoms with Gasteiger partial charge in [0, 0.05) is 12.6 Å². The van der Waals surface area contributed by atoms with Crippen LogP contribution in [0.3, 0.4) is 0 Å². The van der Waals surface area contributed by atoms with Gasteiger partial charge in [-0.2, -0.15) is 0 Å². The van der Waals surface area contributed by atoms with Crippen molar-refractivity contribution in [1.29, 1.82) is 0 Å². The fraction of sp³-hybridized carbons (Fsp3) is 1.00. The van der Waals surface area contributed by atoms with Gasteiger partial charge in [0.05, 0.1) is 6.10 Å². The van der Waals surface area contributed by atoms with Crippen molar-refractivity contribution in [3.63, 3.8) is 0 Å². The fourth-order valence-corrected chi connectivity index (χ4v) is 2.33. The van der Waals surface area contributed by atoms with Crippen molar-refractivity contribution in [3.05, 3.63) is 0 Å². The third-order valence-corrected chi connectivity index (χ3v) is 3.02. The molecule has 2 N–H and O–H groups in total. The summed E-state index contributed by atoms with van der Waals surface area (Å²) in [4.78, 5) is 2.45. The minimum atomic E-state index is -0.142. The predicted molar refractivity (Wildman–Crippen MR) is 48.1 cm³/mol. The molecular formula is C9H18N2O. The predicted octanol–water partition coefficient (Wildman–Crippen LogP) is -0.195. The maximum Gasteiger partial charge on any atom is 0.0819 e. The van der Waals surface area contributed by atoms with Gasteiger partial charge in [-0.25, -0.2) is 0 Å². The standard InChI is InChI=1S/C9H18N2O/c12-9-7-10-4-3-8(9)11-5-1-2-6-11/h8-10,12H,1-7H2. The zero-order valence-corrected chi connectivity index (χ0v) is 7.50. The number of hydrogen-bond acceptors (Lipinski definition) is 3. The zero-order chi connectivity index (χ0) is 8.39. The molecule has 2 atom stereocenters. The Labute approximate surface area is 73.8 Å². The van der Waals surface area contributed by atoms with Gasteiger partial charge in [-0.3, -0.25) is 4.90 Å². The second-order valence-electron chi connectivity index (χ2n) is 3.87. The Bertz CT molecular complexity index is 145. The third kappa shape index (κ3) is 1.63. The highest BCUT2D eigenvalue weighted by Gasteiger charge is 2.29. The van der Waals surface area contributed by atoms with Crippen LogP contribution in [0, 0.1) is 0 Å². The molecule has 0 spiro atoms. The summed E-state index contributed by atoms with van der Waals surface area (Å²) < 4.78 is 0. The number of rotatable bonds is 1. The van der Waals surface area contributed by atoms with Crippen molar-refractivity contribution < 1.29 is 5.11 Å². The Morgan fingerprint density at radius 1 is 1.25 bits per heavy atom. The number of hydrogen-bond donors (Lipinski definition) is 2. The Morgan fingerprint density at radius 2 is 2.00 bits per heavy atom. The molecule has 2 aliphatic heterocycles. The molecule has 2 unspecified atom stereocenters. The molecule has 0 aromatic carbocycles. The molecule has 0 radical (unpaired) electrons. The summed E-state index contributed by atoms with van der Waals surface area (Å²) in [5.41, 5.74) is 0. The van der Waals surface area contributed by atoms with Gasteiger partial charge in [-0.05, 0) is 38.9 Å². The van der Waals surface area contributed by atoms with E-state index in [1.165, 1.54) is 25.9 Å². The Kier molecular flexibility index (Phi) is 2.63. The minimum absolute atomic E-state index is 0.142.